The van der Waals surface area contributed by atoms with E-state index < -0.39 is 11.8 Å². The van der Waals surface area contributed by atoms with Crippen LogP contribution in [0.4, 0.5) is 0 Å². The fourth-order valence-electron chi connectivity index (χ4n) is 3.94. The number of ether oxygens (including phenoxy) is 1. The lowest BCUT2D eigenvalue weighted by Gasteiger charge is -2.17. The molecule has 9 heteroatoms. The maximum atomic E-state index is 12.5. The fraction of sp³-hybridized carbons (Fsp3) is 0.0833. The molecular weight excluding hydrogens is 458 g/mol. The predicted octanol–water partition coefficient (Wildman–Crippen LogP) is 4.80. The Morgan fingerprint density at radius 3 is 2.79 bits per heavy atom. The van der Waals surface area contributed by atoms with Crippen molar-refractivity contribution in [3.63, 3.8) is 0 Å². The van der Waals surface area contributed by atoms with Crippen molar-refractivity contribution < 1.29 is 9.53 Å². The Bertz CT molecular complexity index is 1470. The van der Waals surface area contributed by atoms with Crippen LogP contribution in [-0.2, 0) is 4.79 Å². The third-order valence-corrected chi connectivity index (χ3v) is 6.47. The number of carbonyl (C=O) groups excluding carboxylic acids is 1. The molecule has 0 aliphatic heterocycles. The van der Waals surface area contributed by atoms with Crippen molar-refractivity contribution in [2.75, 3.05) is 7.11 Å². The molecule has 0 aliphatic rings. The Morgan fingerprint density at radius 1 is 1.18 bits per heavy atom. The van der Waals surface area contributed by atoms with Crippen LogP contribution >= 0.6 is 22.9 Å². The van der Waals surface area contributed by atoms with Gasteiger partial charge < -0.3 is 10.5 Å². The lowest BCUT2D eigenvalue weighted by Crippen LogP contribution is -2.22. The average molecular weight is 476 g/mol. The van der Waals surface area contributed by atoms with Gasteiger partial charge in [0.1, 0.15) is 17.4 Å². The van der Waals surface area contributed by atoms with Crippen LogP contribution in [0.3, 0.4) is 0 Å². The smallest absolute Gasteiger partial charge is 0.230 e. The molecule has 0 bridgehead atoms. The number of hydrogen-bond acceptors (Lipinski definition) is 6. The monoisotopic (exact) mass is 475 g/mol. The Morgan fingerprint density at radius 2 is 2.06 bits per heavy atom. The summed E-state index contributed by atoms with van der Waals surface area (Å²) in [6.07, 6.45) is 3.48. The summed E-state index contributed by atoms with van der Waals surface area (Å²) < 4.78 is 7.38. The van der Waals surface area contributed by atoms with Gasteiger partial charge in [0.25, 0.3) is 0 Å². The fourth-order valence-corrected chi connectivity index (χ4v) is 4.93. The molecule has 5 aromatic rings. The van der Waals surface area contributed by atoms with Gasteiger partial charge in [-0.3, -0.25) is 4.79 Å². The number of benzene rings is 1. The molecule has 4 aromatic heterocycles. The second-order valence-corrected chi connectivity index (χ2v) is 8.59. The summed E-state index contributed by atoms with van der Waals surface area (Å²) in [7, 11) is 1.57. The lowest BCUT2D eigenvalue weighted by atomic mass is 9.92. The minimum atomic E-state index is -0.645. The highest BCUT2D eigenvalue weighted by atomic mass is 35.5. The molecule has 1 atom stereocenters. The molecule has 0 saturated heterocycles. The summed E-state index contributed by atoms with van der Waals surface area (Å²) >= 11 is 7.57. The molecule has 1 aromatic carbocycles. The van der Waals surface area contributed by atoms with E-state index in [4.69, 9.17) is 27.2 Å². The molecule has 7 nitrogen and oxygen atoms in total. The summed E-state index contributed by atoms with van der Waals surface area (Å²) in [6, 6.07) is 17.0. The number of pyridine rings is 1. The number of primary amides is 1. The van der Waals surface area contributed by atoms with Crippen LogP contribution in [0.15, 0.2) is 72.4 Å². The standard InChI is InChI=1S/C24H18ClN5O2S/c1-32-18-8-7-14(13-15(18)20(23(26)31)19-6-4-12-33-19)22-21(16-9-10-27-24(25)28-16)17-5-2-3-11-30(17)29-22/h2-13,20H,1H3,(H2,26,31). The van der Waals surface area contributed by atoms with E-state index >= 15 is 0 Å². The number of halogens is 1. The van der Waals surface area contributed by atoms with Crippen molar-refractivity contribution >= 4 is 34.4 Å². The molecular formula is C24H18ClN5O2S. The van der Waals surface area contributed by atoms with Crippen molar-refractivity contribution in [2.45, 2.75) is 5.92 Å². The van der Waals surface area contributed by atoms with Gasteiger partial charge in [0.15, 0.2) is 0 Å². The number of amides is 1. The average Bonchev–Trinajstić information content (AvgIpc) is 3.47. The van der Waals surface area contributed by atoms with Crippen molar-refractivity contribution in [1.82, 2.24) is 19.6 Å². The van der Waals surface area contributed by atoms with Gasteiger partial charge in [-0.1, -0.05) is 12.1 Å². The van der Waals surface area contributed by atoms with E-state index in [0.717, 1.165) is 21.5 Å². The maximum absolute atomic E-state index is 12.5. The van der Waals surface area contributed by atoms with Crippen LogP contribution in [0.25, 0.3) is 28.0 Å². The second kappa shape index (κ2) is 8.65. The van der Waals surface area contributed by atoms with Gasteiger partial charge in [-0.15, -0.1) is 11.3 Å². The second-order valence-electron chi connectivity index (χ2n) is 7.27. The zero-order chi connectivity index (χ0) is 22.9. The first kappa shape index (κ1) is 21.1. The first-order chi connectivity index (χ1) is 16.1. The van der Waals surface area contributed by atoms with Crippen molar-refractivity contribution in [2.24, 2.45) is 5.73 Å². The number of fused-ring (bicyclic) bond motifs is 1. The van der Waals surface area contributed by atoms with E-state index in [1.807, 2.05) is 60.1 Å². The molecule has 4 heterocycles. The third-order valence-electron chi connectivity index (χ3n) is 5.35. The van der Waals surface area contributed by atoms with E-state index in [1.54, 1.807) is 23.9 Å². The molecule has 0 saturated carbocycles. The van der Waals surface area contributed by atoms with Crippen LogP contribution in [-0.4, -0.2) is 32.6 Å². The van der Waals surface area contributed by atoms with Gasteiger partial charge >= 0.3 is 0 Å². The highest BCUT2D eigenvalue weighted by Gasteiger charge is 2.27. The Kier molecular flexibility index (Phi) is 5.53. The van der Waals surface area contributed by atoms with Crippen LogP contribution in [0, 0.1) is 0 Å². The Hall–Kier alpha value is -3.75. The number of rotatable bonds is 6. The molecule has 0 aliphatic carbocycles. The number of thiophene rings is 1. The van der Waals surface area contributed by atoms with Gasteiger partial charge in [0.2, 0.25) is 11.2 Å². The van der Waals surface area contributed by atoms with Crippen LogP contribution in [0.5, 0.6) is 5.75 Å². The number of nitrogens with zero attached hydrogens (tertiary/aromatic N) is 4. The summed E-state index contributed by atoms with van der Waals surface area (Å²) in [6.45, 7) is 0. The van der Waals surface area contributed by atoms with Crippen molar-refractivity contribution in [1.29, 1.82) is 0 Å². The number of methoxy groups -OCH3 is 1. The first-order valence-electron chi connectivity index (χ1n) is 10.0. The van der Waals surface area contributed by atoms with Gasteiger partial charge in [0, 0.05) is 28.4 Å². The predicted molar refractivity (Wildman–Crippen MR) is 129 cm³/mol. The molecule has 1 amide bonds. The van der Waals surface area contributed by atoms with Crippen LogP contribution in [0.1, 0.15) is 16.4 Å². The van der Waals surface area contributed by atoms with Gasteiger partial charge in [-0.2, -0.15) is 5.10 Å². The molecule has 0 radical (unpaired) electrons. The molecule has 1 unspecified atom stereocenters. The van der Waals surface area contributed by atoms with Gasteiger partial charge in [0.05, 0.1) is 23.9 Å². The zero-order valence-electron chi connectivity index (χ0n) is 17.5. The Labute approximate surface area is 198 Å². The van der Waals surface area contributed by atoms with Crippen molar-refractivity contribution in [3.8, 4) is 28.3 Å². The Balaban J connectivity index is 1.76. The molecule has 5 rings (SSSR count). The molecule has 2 N–H and O–H groups in total. The van der Waals surface area contributed by atoms with Crippen LogP contribution in [0.2, 0.25) is 5.28 Å². The number of nitrogens with two attached hydrogens (primary N) is 1. The van der Waals surface area contributed by atoms with E-state index in [2.05, 4.69) is 9.97 Å². The van der Waals surface area contributed by atoms with E-state index in [-0.39, 0.29) is 5.28 Å². The maximum Gasteiger partial charge on any atom is 0.230 e. The quantitative estimate of drug-likeness (QED) is 0.356. The zero-order valence-corrected chi connectivity index (χ0v) is 19.0. The number of hydrogen-bond donors (Lipinski definition) is 1. The van der Waals surface area contributed by atoms with Crippen molar-refractivity contribution in [3.05, 3.63) is 88.1 Å². The molecule has 164 valence electrons. The van der Waals surface area contributed by atoms with Crippen LogP contribution < -0.4 is 10.5 Å². The third kappa shape index (κ3) is 3.83. The van der Waals surface area contributed by atoms with E-state index in [1.165, 1.54) is 11.3 Å². The van der Waals surface area contributed by atoms with E-state index in [9.17, 15) is 4.79 Å². The highest BCUT2D eigenvalue weighted by molar-refractivity contribution is 7.10. The SMILES string of the molecule is COc1ccc(-c2nn3ccccc3c2-c2ccnc(Cl)n2)cc1C(C(N)=O)c1cccs1. The first-order valence-corrected chi connectivity index (χ1v) is 11.3. The minimum Gasteiger partial charge on any atom is -0.496 e. The van der Waals surface area contributed by atoms with E-state index in [0.29, 0.717) is 22.7 Å². The minimum absolute atomic E-state index is 0.149. The summed E-state index contributed by atoms with van der Waals surface area (Å²) in [5, 5.41) is 6.88. The molecule has 33 heavy (non-hydrogen) atoms. The number of carbonyl (C=O) groups is 1. The summed E-state index contributed by atoms with van der Waals surface area (Å²) in [5.74, 6) is -0.522. The topological polar surface area (TPSA) is 95.4 Å². The summed E-state index contributed by atoms with van der Waals surface area (Å²) in [5.41, 5.74) is 10.3. The normalized spacial score (nSPS) is 12.1. The van der Waals surface area contributed by atoms with Gasteiger partial charge in [-0.25, -0.2) is 14.5 Å². The summed E-state index contributed by atoms with van der Waals surface area (Å²) in [4.78, 5) is 21.8. The molecule has 0 spiro atoms. The molecule has 0 fully saturated rings. The lowest BCUT2D eigenvalue weighted by molar-refractivity contribution is -0.118. The largest absolute Gasteiger partial charge is 0.496 e. The highest BCUT2D eigenvalue weighted by Crippen LogP contribution is 2.40. The van der Waals surface area contributed by atoms with Gasteiger partial charge in [-0.05, 0) is 59.4 Å². The number of aromatic nitrogens is 4.